The molecular formula is C19H30IN5O. The van der Waals surface area contributed by atoms with Crippen molar-refractivity contribution in [2.45, 2.75) is 26.3 Å². The van der Waals surface area contributed by atoms with Crippen LogP contribution in [-0.4, -0.2) is 55.1 Å². The molecule has 1 aromatic heterocycles. The second-order valence-corrected chi connectivity index (χ2v) is 6.15. The van der Waals surface area contributed by atoms with Crippen molar-refractivity contribution < 1.29 is 4.79 Å². The van der Waals surface area contributed by atoms with Gasteiger partial charge in [0.05, 0.1) is 0 Å². The molecular weight excluding hydrogens is 441 g/mol. The van der Waals surface area contributed by atoms with Crippen molar-refractivity contribution >= 4 is 46.7 Å². The molecule has 144 valence electrons. The first-order valence-corrected chi connectivity index (χ1v) is 8.88. The molecule has 2 N–H and O–H groups in total. The highest BCUT2D eigenvalue weighted by Crippen LogP contribution is 2.15. The quantitative estimate of drug-likeness (QED) is 0.270. The number of aryl methyl sites for hydroxylation is 1. The van der Waals surface area contributed by atoms with Gasteiger partial charge in [0.1, 0.15) is 0 Å². The molecule has 2 aromatic rings. The Balaban J connectivity index is 0.00000338. The van der Waals surface area contributed by atoms with Crippen molar-refractivity contribution in [3.05, 3.63) is 36.5 Å². The van der Waals surface area contributed by atoms with E-state index in [1.165, 1.54) is 10.9 Å². The van der Waals surface area contributed by atoms with Gasteiger partial charge in [0.25, 0.3) is 0 Å². The number of aliphatic imine (C=N–C) groups is 1. The largest absolute Gasteiger partial charge is 0.357 e. The fraction of sp³-hybridized carbons (Fsp3) is 0.474. The Labute approximate surface area is 173 Å². The summed E-state index contributed by atoms with van der Waals surface area (Å²) in [4.78, 5) is 17.8. The Kier molecular flexibility index (Phi) is 10.1. The Hall–Kier alpha value is -1.77. The predicted molar refractivity (Wildman–Crippen MR) is 119 cm³/mol. The van der Waals surface area contributed by atoms with Crippen molar-refractivity contribution in [1.29, 1.82) is 0 Å². The molecule has 0 spiro atoms. The number of para-hydroxylation sites is 1. The molecule has 0 bridgehead atoms. The van der Waals surface area contributed by atoms with Crippen molar-refractivity contribution in [3.8, 4) is 0 Å². The summed E-state index contributed by atoms with van der Waals surface area (Å²) in [6.45, 7) is 5.11. The lowest BCUT2D eigenvalue weighted by Crippen LogP contribution is -2.39. The van der Waals surface area contributed by atoms with E-state index in [0.29, 0.717) is 13.0 Å². The van der Waals surface area contributed by atoms with Crippen LogP contribution in [0.1, 0.15) is 19.8 Å². The summed E-state index contributed by atoms with van der Waals surface area (Å²) >= 11 is 0. The molecule has 0 radical (unpaired) electrons. The smallest absolute Gasteiger partial charge is 0.223 e. The van der Waals surface area contributed by atoms with E-state index in [0.717, 1.165) is 32.0 Å². The van der Waals surface area contributed by atoms with Crippen LogP contribution in [0, 0.1) is 0 Å². The van der Waals surface area contributed by atoms with E-state index < -0.39 is 0 Å². The van der Waals surface area contributed by atoms with Gasteiger partial charge in [-0.3, -0.25) is 9.79 Å². The monoisotopic (exact) mass is 471 g/mol. The second-order valence-electron chi connectivity index (χ2n) is 6.15. The third-order valence-corrected chi connectivity index (χ3v) is 3.98. The topological polar surface area (TPSA) is 61.7 Å². The van der Waals surface area contributed by atoms with Crippen molar-refractivity contribution in [2.24, 2.45) is 4.99 Å². The zero-order valence-electron chi connectivity index (χ0n) is 15.9. The standard InChI is InChI=1S/C19H29N5O.HI/c1-4-20-19(22-13-10-18(25)23(2)3)21-12-7-14-24-15-11-16-8-5-6-9-17(16)24;/h5-6,8-9,11,15H,4,7,10,12-14H2,1-3H3,(H2,20,21,22);1H. The van der Waals surface area contributed by atoms with Gasteiger partial charge in [-0.15, -0.1) is 24.0 Å². The molecule has 0 aliphatic rings. The Morgan fingerprint density at radius 2 is 1.96 bits per heavy atom. The van der Waals surface area contributed by atoms with Crippen LogP contribution in [-0.2, 0) is 11.3 Å². The lowest BCUT2D eigenvalue weighted by atomic mass is 10.2. The minimum Gasteiger partial charge on any atom is -0.357 e. The zero-order chi connectivity index (χ0) is 18.1. The zero-order valence-corrected chi connectivity index (χ0v) is 18.2. The van der Waals surface area contributed by atoms with E-state index >= 15 is 0 Å². The SMILES string of the molecule is CCNC(=NCCCn1ccc2ccccc21)NCCC(=O)N(C)C.I. The number of guanidine groups is 1. The highest BCUT2D eigenvalue weighted by molar-refractivity contribution is 14.0. The maximum atomic E-state index is 11.6. The summed E-state index contributed by atoms with van der Waals surface area (Å²) in [6.07, 6.45) is 3.56. The number of benzene rings is 1. The average molecular weight is 471 g/mol. The van der Waals surface area contributed by atoms with Crippen molar-refractivity contribution in [1.82, 2.24) is 20.1 Å². The minimum absolute atomic E-state index is 0. The van der Waals surface area contributed by atoms with Crippen LogP contribution in [0.15, 0.2) is 41.5 Å². The number of halogens is 1. The molecule has 1 aromatic carbocycles. The first kappa shape index (κ1) is 22.3. The van der Waals surface area contributed by atoms with E-state index in [1.54, 1.807) is 19.0 Å². The predicted octanol–water partition coefficient (Wildman–Crippen LogP) is 2.68. The van der Waals surface area contributed by atoms with Crippen LogP contribution in [0.3, 0.4) is 0 Å². The Morgan fingerprint density at radius 3 is 2.69 bits per heavy atom. The molecule has 0 saturated carbocycles. The van der Waals surface area contributed by atoms with E-state index in [2.05, 4.69) is 56.7 Å². The number of nitrogens with one attached hydrogen (secondary N) is 2. The minimum atomic E-state index is 0. The van der Waals surface area contributed by atoms with Crippen LogP contribution in [0.5, 0.6) is 0 Å². The van der Waals surface area contributed by atoms with Gasteiger partial charge >= 0.3 is 0 Å². The van der Waals surface area contributed by atoms with Gasteiger partial charge in [0, 0.05) is 58.4 Å². The summed E-state index contributed by atoms with van der Waals surface area (Å²) in [5.74, 6) is 0.884. The Morgan fingerprint density at radius 1 is 1.19 bits per heavy atom. The van der Waals surface area contributed by atoms with Gasteiger partial charge in [-0.25, -0.2) is 0 Å². The summed E-state index contributed by atoms with van der Waals surface area (Å²) < 4.78 is 2.26. The summed E-state index contributed by atoms with van der Waals surface area (Å²) in [5.41, 5.74) is 1.26. The molecule has 0 aliphatic heterocycles. The summed E-state index contributed by atoms with van der Waals surface area (Å²) in [6, 6.07) is 10.6. The number of fused-ring (bicyclic) bond motifs is 1. The molecule has 0 atom stereocenters. The third kappa shape index (κ3) is 6.86. The number of carbonyl (C=O) groups is 1. The van der Waals surface area contributed by atoms with Crippen LogP contribution in [0.2, 0.25) is 0 Å². The molecule has 1 amide bonds. The van der Waals surface area contributed by atoms with Gasteiger partial charge in [-0.2, -0.15) is 0 Å². The number of hydrogen-bond acceptors (Lipinski definition) is 2. The average Bonchev–Trinajstić information content (AvgIpc) is 3.01. The fourth-order valence-corrected chi connectivity index (χ4v) is 2.62. The number of nitrogens with zero attached hydrogens (tertiary/aromatic N) is 3. The van der Waals surface area contributed by atoms with Gasteiger partial charge in [0.15, 0.2) is 5.96 Å². The lowest BCUT2D eigenvalue weighted by molar-refractivity contribution is -0.128. The summed E-state index contributed by atoms with van der Waals surface area (Å²) in [5, 5.41) is 7.70. The van der Waals surface area contributed by atoms with Gasteiger partial charge < -0.3 is 20.1 Å². The van der Waals surface area contributed by atoms with E-state index in [1.807, 2.05) is 6.92 Å². The molecule has 0 saturated heterocycles. The first-order valence-electron chi connectivity index (χ1n) is 8.88. The number of rotatable bonds is 8. The molecule has 0 fully saturated rings. The maximum Gasteiger partial charge on any atom is 0.223 e. The molecule has 0 unspecified atom stereocenters. The van der Waals surface area contributed by atoms with Crippen molar-refractivity contribution in [2.75, 3.05) is 33.7 Å². The Bertz CT molecular complexity index is 711. The number of amides is 1. The van der Waals surface area contributed by atoms with E-state index in [-0.39, 0.29) is 29.9 Å². The lowest BCUT2D eigenvalue weighted by Gasteiger charge is -2.13. The van der Waals surface area contributed by atoms with Gasteiger partial charge in [-0.1, -0.05) is 18.2 Å². The van der Waals surface area contributed by atoms with E-state index in [9.17, 15) is 4.79 Å². The maximum absolute atomic E-state index is 11.6. The first-order chi connectivity index (χ1) is 12.1. The second kappa shape index (κ2) is 11.8. The molecule has 26 heavy (non-hydrogen) atoms. The highest BCUT2D eigenvalue weighted by Gasteiger charge is 2.04. The fourth-order valence-electron chi connectivity index (χ4n) is 2.62. The summed E-state index contributed by atoms with van der Waals surface area (Å²) in [7, 11) is 3.54. The number of aromatic nitrogens is 1. The number of hydrogen-bond donors (Lipinski definition) is 2. The molecule has 0 aliphatic carbocycles. The normalized spacial score (nSPS) is 11.1. The van der Waals surface area contributed by atoms with Crippen LogP contribution < -0.4 is 10.6 Å². The number of carbonyl (C=O) groups excluding carboxylic acids is 1. The molecule has 6 nitrogen and oxygen atoms in total. The van der Waals surface area contributed by atoms with Crippen LogP contribution >= 0.6 is 24.0 Å². The van der Waals surface area contributed by atoms with Crippen molar-refractivity contribution in [3.63, 3.8) is 0 Å². The van der Waals surface area contributed by atoms with E-state index in [4.69, 9.17) is 0 Å². The van der Waals surface area contributed by atoms with Gasteiger partial charge in [-0.05, 0) is 30.9 Å². The molecule has 7 heteroatoms. The highest BCUT2D eigenvalue weighted by atomic mass is 127. The van der Waals surface area contributed by atoms with Crippen LogP contribution in [0.4, 0.5) is 0 Å². The van der Waals surface area contributed by atoms with Gasteiger partial charge in [0.2, 0.25) is 5.91 Å². The van der Waals surface area contributed by atoms with Crippen LogP contribution in [0.25, 0.3) is 10.9 Å². The molecule has 2 rings (SSSR count). The third-order valence-electron chi connectivity index (χ3n) is 3.98. The molecule has 1 heterocycles.